The molecule has 0 fully saturated rings. The van der Waals surface area contributed by atoms with E-state index >= 15 is 0 Å². The van der Waals surface area contributed by atoms with E-state index in [0.717, 1.165) is 15.6 Å². The lowest BCUT2D eigenvalue weighted by Gasteiger charge is -2.10. The highest BCUT2D eigenvalue weighted by Gasteiger charge is 2.34. The van der Waals surface area contributed by atoms with Gasteiger partial charge in [0.05, 0.1) is 22.6 Å². The van der Waals surface area contributed by atoms with Crippen molar-refractivity contribution in [2.45, 2.75) is 4.90 Å². The summed E-state index contributed by atoms with van der Waals surface area (Å²) < 4.78 is 24.9. The van der Waals surface area contributed by atoms with Crippen molar-refractivity contribution in [2.24, 2.45) is 5.10 Å². The Balaban J connectivity index is 1.66. The number of nitrogens with one attached hydrogen (secondary N) is 1. The summed E-state index contributed by atoms with van der Waals surface area (Å²) in [5.41, 5.74) is 0.660. The lowest BCUT2D eigenvalue weighted by atomic mass is 10.1. The topological polar surface area (TPSA) is 95.9 Å². The Hall–Kier alpha value is -2.52. The maximum Gasteiger partial charge on any atom is 0.276 e. The molecule has 0 aromatic heterocycles. The number of fused-ring (bicyclic) bond motifs is 1. The summed E-state index contributed by atoms with van der Waals surface area (Å²) in [4.78, 5) is 27.4. The van der Waals surface area contributed by atoms with Gasteiger partial charge in [0.25, 0.3) is 21.8 Å². The van der Waals surface area contributed by atoms with Crippen LogP contribution in [0.2, 0.25) is 0 Å². The average molecular weight is 422 g/mol. The fraction of sp³-hybridized carbons (Fsp3) is 0.0625. The number of benzene rings is 2. The van der Waals surface area contributed by atoms with Crippen LogP contribution in [-0.4, -0.2) is 37.9 Å². The first-order chi connectivity index (χ1) is 11.9. The number of carbonyl (C=O) groups excluding carboxylic acids is 2. The van der Waals surface area contributed by atoms with Crippen molar-refractivity contribution in [1.29, 1.82) is 0 Å². The Kier molecular flexibility index (Phi) is 4.69. The molecule has 128 valence electrons. The minimum atomic E-state index is -3.81. The number of sulfonamides is 1. The van der Waals surface area contributed by atoms with Crippen LogP contribution in [0, 0.1) is 0 Å². The van der Waals surface area contributed by atoms with Crippen molar-refractivity contribution in [3.05, 3.63) is 64.1 Å². The molecule has 0 atom stereocenters. The van der Waals surface area contributed by atoms with Gasteiger partial charge in [-0.15, -0.1) is 0 Å². The number of hydrogen-bond donors (Lipinski definition) is 1. The van der Waals surface area contributed by atoms with E-state index in [1.807, 2.05) is 4.83 Å². The number of hydrogen-bond acceptors (Lipinski definition) is 5. The van der Waals surface area contributed by atoms with Gasteiger partial charge in [-0.1, -0.05) is 28.1 Å². The third-order valence-electron chi connectivity index (χ3n) is 3.53. The Labute approximate surface area is 152 Å². The molecular formula is C16H12BrN3O4S. The SMILES string of the molecule is O=C1c2ccccc2C(=O)N1C/C=N\NS(=O)(=O)c1ccc(Br)cc1. The maximum absolute atomic E-state index is 12.2. The second-order valence-electron chi connectivity index (χ2n) is 5.13. The normalized spacial score (nSPS) is 14.2. The summed E-state index contributed by atoms with van der Waals surface area (Å²) in [6.45, 7) is -0.130. The van der Waals surface area contributed by atoms with Crippen LogP contribution in [0.25, 0.3) is 0 Å². The van der Waals surface area contributed by atoms with Crippen molar-refractivity contribution in [3.8, 4) is 0 Å². The molecule has 2 aromatic carbocycles. The molecule has 25 heavy (non-hydrogen) atoms. The van der Waals surface area contributed by atoms with Crippen molar-refractivity contribution < 1.29 is 18.0 Å². The second-order valence-corrected chi connectivity index (χ2v) is 7.70. The van der Waals surface area contributed by atoms with Crippen molar-refractivity contribution >= 4 is 44.0 Å². The van der Waals surface area contributed by atoms with Gasteiger partial charge in [-0.05, 0) is 36.4 Å². The van der Waals surface area contributed by atoms with Gasteiger partial charge in [0.1, 0.15) is 0 Å². The van der Waals surface area contributed by atoms with Gasteiger partial charge in [0.2, 0.25) is 0 Å². The van der Waals surface area contributed by atoms with Crippen LogP contribution >= 0.6 is 15.9 Å². The molecule has 0 saturated heterocycles. The molecule has 0 unspecified atom stereocenters. The molecule has 0 saturated carbocycles. The number of imide groups is 1. The number of hydrazone groups is 1. The molecule has 1 aliphatic rings. The van der Waals surface area contributed by atoms with Crippen LogP contribution < -0.4 is 4.83 Å². The first-order valence-corrected chi connectivity index (χ1v) is 9.42. The van der Waals surface area contributed by atoms with Crippen LogP contribution in [0.15, 0.2) is 63.0 Å². The van der Waals surface area contributed by atoms with Crippen molar-refractivity contribution in [2.75, 3.05) is 6.54 Å². The molecule has 0 aliphatic carbocycles. The number of rotatable bonds is 5. The molecule has 1 aliphatic heterocycles. The maximum atomic E-state index is 12.2. The molecule has 2 amide bonds. The van der Waals surface area contributed by atoms with E-state index in [1.165, 1.54) is 12.1 Å². The van der Waals surface area contributed by atoms with Gasteiger partial charge < -0.3 is 0 Å². The molecule has 0 bridgehead atoms. The lowest BCUT2D eigenvalue weighted by Crippen LogP contribution is -2.32. The summed E-state index contributed by atoms with van der Waals surface area (Å²) in [5.74, 6) is -0.856. The highest BCUT2D eigenvalue weighted by atomic mass is 79.9. The number of carbonyl (C=O) groups is 2. The number of halogens is 1. The van der Waals surface area contributed by atoms with E-state index in [2.05, 4.69) is 21.0 Å². The Morgan fingerprint density at radius 2 is 1.56 bits per heavy atom. The molecule has 0 radical (unpaired) electrons. The molecule has 1 N–H and O–H groups in total. The number of nitrogens with zero attached hydrogens (tertiary/aromatic N) is 2. The fourth-order valence-corrected chi connectivity index (χ4v) is 3.38. The predicted octanol–water partition coefficient (Wildman–Crippen LogP) is 2.01. The van der Waals surface area contributed by atoms with Crippen LogP contribution in [0.4, 0.5) is 0 Å². The monoisotopic (exact) mass is 421 g/mol. The van der Waals surface area contributed by atoms with E-state index in [0.29, 0.717) is 11.1 Å². The van der Waals surface area contributed by atoms with Crippen LogP contribution in [0.3, 0.4) is 0 Å². The molecule has 3 rings (SSSR count). The highest BCUT2D eigenvalue weighted by molar-refractivity contribution is 9.10. The molecule has 9 heteroatoms. The van der Waals surface area contributed by atoms with Gasteiger partial charge in [-0.25, -0.2) is 4.83 Å². The minimum absolute atomic E-state index is 0.0496. The minimum Gasteiger partial charge on any atom is -0.269 e. The summed E-state index contributed by atoms with van der Waals surface area (Å²) in [6, 6.07) is 12.5. The Bertz CT molecular complexity index is 936. The third kappa shape index (κ3) is 3.47. The predicted molar refractivity (Wildman–Crippen MR) is 94.8 cm³/mol. The van der Waals surface area contributed by atoms with E-state index in [9.17, 15) is 18.0 Å². The fourth-order valence-electron chi connectivity index (χ4n) is 2.30. The van der Waals surface area contributed by atoms with Crippen LogP contribution in [0.5, 0.6) is 0 Å². The van der Waals surface area contributed by atoms with Crippen molar-refractivity contribution in [3.63, 3.8) is 0 Å². The van der Waals surface area contributed by atoms with E-state index in [4.69, 9.17) is 0 Å². The molecule has 1 heterocycles. The quantitative estimate of drug-likeness (QED) is 0.453. The summed E-state index contributed by atoms with van der Waals surface area (Å²) >= 11 is 3.22. The van der Waals surface area contributed by atoms with Crippen LogP contribution in [0.1, 0.15) is 20.7 Å². The lowest BCUT2D eigenvalue weighted by molar-refractivity contribution is 0.0679. The first kappa shape index (κ1) is 17.3. The third-order valence-corrected chi connectivity index (χ3v) is 5.30. The second kappa shape index (κ2) is 6.77. The molecule has 2 aromatic rings. The Morgan fingerprint density at radius 1 is 1.00 bits per heavy atom. The zero-order valence-corrected chi connectivity index (χ0v) is 15.1. The standard InChI is InChI=1S/C16H12BrN3O4S/c17-11-5-7-12(8-6-11)25(23,24)19-18-9-10-20-15(21)13-3-1-2-4-14(13)16(20)22/h1-9,19H,10H2/b18-9-. The largest absolute Gasteiger partial charge is 0.276 e. The summed E-state index contributed by atoms with van der Waals surface area (Å²) in [6.07, 6.45) is 1.16. The van der Waals surface area contributed by atoms with Gasteiger partial charge >= 0.3 is 0 Å². The van der Waals surface area contributed by atoms with Gasteiger partial charge in [0, 0.05) is 10.7 Å². The highest BCUT2D eigenvalue weighted by Crippen LogP contribution is 2.21. The van der Waals surface area contributed by atoms with Gasteiger partial charge in [-0.2, -0.15) is 13.5 Å². The molecular weight excluding hydrogens is 410 g/mol. The van der Waals surface area contributed by atoms with E-state index in [-0.39, 0.29) is 11.4 Å². The van der Waals surface area contributed by atoms with Crippen LogP contribution in [-0.2, 0) is 10.0 Å². The van der Waals surface area contributed by atoms with Gasteiger partial charge in [-0.3, -0.25) is 14.5 Å². The van der Waals surface area contributed by atoms with E-state index in [1.54, 1.807) is 36.4 Å². The zero-order valence-electron chi connectivity index (χ0n) is 12.7. The molecule has 0 spiro atoms. The van der Waals surface area contributed by atoms with E-state index < -0.39 is 21.8 Å². The smallest absolute Gasteiger partial charge is 0.269 e. The zero-order chi connectivity index (χ0) is 18.0. The summed E-state index contributed by atoms with van der Waals surface area (Å²) in [5, 5.41) is 3.62. The summed E-state index contributed by atoms with van der Waals surface area (Å²) in [7, 11) is -3.81. The average Bonchev–Trinajstić information content (AvgIpc) is 2.84. The first-order valence-electron chi connectivity index (χ1n) is 7.14. The number of amides is 2. The molecule has 7 nitrogen and oxygen atoms in total. The Morgan fingerprint density at radius 3 is 2.12 bits per heavy atom. The van der Waals surface area contributed by atoms with Crippen molar-refractivity contribution in [1.82, 2.24) is 9.73 Å². The van der Waals surface area contributed by atoms with Gasteiger partial charge in [0.15, 0.2) is 0 Å².